The third kappa shape index (κ3) is 4.60. The average molecular weight is 460 g/mol. The standard InChI is InChI=1S/C25H30ClNO5/c1-5-9-17-22(25(30)32-7-3)20(15-10-8-11-16(26)13-15)21-18(27-17)12-14(4)19(23(21)28)24(29)31-6-2/h8,10-11,13-14,19-20,27H,5-7,9,12H2,1-4H3. The number of benzene rings is 1. The topological polar surface area (TPSA) is 81.7 Å². The summed E-state index contributed by atoms with van der Waals surface area (Å²) in [5.74, 6) is -3.11. The second-order valence-electron chi connectivity index (χ2n) is 8.14. The zero-order valence-corrected chi connectivity index (χ0v) is 19.8. The molecule has 3 unspecified atom stereocenters. The van der Waals surface area contributed by atoms with E-state index in [1.165, 1.54) is 0 Å². The molecule has 0 bridgehead atoms. The number of halogens is 1. The van der Waals surface area contributed by atoms with Gasteiger partial charge in [-0.1, -0.05) is 44.0 Å². The quantitative estimate of drug-likeness (QED) is 0.470. The predicted octanol–water partition coefficient (Wildman–Crippen LogP) is 4.69. The molecule has 0 saturated carbocycles. The van der Waals surface area contributed by atoms with Crippen molar-refractivity contribution in [2.24, 2.45) is 11.8 Å². The lowest BCUT2D eigenvalue weighted by molar-refractivity contribution is -0.153. The van der Waals surface area contributed by atoms with E-state index >= 15 is 0 Å². The van der Waals surface area contributed by atoms with Gasteiger partial charge in [-0.25, -0.2) is 4.79 Å². The summed E-state index contributed by atoms with van der Waals surface area (Å²) < 4.78 is 10.6. The molecule has 3 rings (SSSR count). The number of dihydropyridines is 1. The van der Waals surface area contributed by atoms with Crippen LogP contribution in [-0.2, 0) is 23.9 Å². The van der Waals surface area contributed by atoms with Crippen LogP contribution in [0.15, 0.2) is 46.8 Å². The van der Waals surface area contributed by atoms with E-state index in [2.05, 4.69) is 5.32 Å². The lowest BCUT2D eigenvalue weighted by Gasteiger charge is -2.39. The number of ketones is 1. The fourth-order valence-corrected chi connectivity index (χ4v) is 4.81. The minimum atomic E-state index is -0.909. The first-order valence-corrected chi connectivity index (χ1v) is 11.6. The Morgan fingerprint density at radius 2 is 1.88 bits per heavy atom. The molecule has 1 heterocycles. The third-order valence-corrected chi connectivity index (χ3v) is 6.13. The maximum absolute atomic E-state index is 13.7. The van der Waals surface area contributed by atoms with Gasteiger partial charge < -0.3 is 14.8 Å². The van der Waals surface area contributed by atoms with Gasteiger partial charge in [-0.15, -0.1) is 0 Å². The minimum absolute atomic E-state index is 0.200. The summed E-state index contributed by atoms with van der Waals surface area (Å²) >= 11 is 6.28. The number of hydrogen-bond donors (Lipinski definition) is 1. The molecule has 0 fully saturated rings. The first-order chi connectivity index (χ1) is 15.3. The molecule has 0 saturated heterocycles. The van der Waals surface area contributed by atoms with Crippen LogP contribution in [0.3, 0.4) is 0 Å². The number of allylic oxidation sites excluding steroid dienone is 3. The Bertz CT molecular complexity index is 980. The van der Waals surface area contributed by atoms with E-state index in [1.807, 2.05) is 19.9 Å². The van der Waals surface area contributed by atoms with Crippen molar-refractivity contribution in [3.05, 3.63) is 57.4 Å². The fourth-order valence-electron chi connectivity index (χ4n) is 4.62. The number of carbonyl (C=O) groups is 3. The van der Waals surface area contributed by atoms with Gasteiger partial charge in [0.1, 0.15) is 5.92 Å². The van der Waals surface area contributed by atoms with Gasteiger partial charge in [-0.2, -0.15) is 0 Å². The van der Waals surface area contributed by atoms with Crippen molar-refractivity contribution in [3.63, 3.8) is 0 Å². The van der Waals surface area contributed by atoms with Crippen molar-refractivity contribution < 1.29 is 23.9 Å². The van der Waals surface area contributed by atoms with Crippen LogP contribution < -0.4 is 5.32 Å². The van der Waals surface area contributed by atoms with Crippen LogP contribution in [0.2, 0.25) is 5.02 Å². The molecule has 6 nitrogen and oxygen atoms in total. The highest BCUT2D eigenvalue weighted by Crippen LogP contribution is 2.46. The smallest absolute Gasteiger partial charge is 0.336 e. The molecule has 1 aliphatic carbocycles. The van der Waals surface area contributed by atoms with Crippen molar-refractivity contribution in [1.82, 2.24) is 5.32 Å². The van der Waals surface area contributed by atoms with Gasteiger partial charge in [0.2, 0.25) is 0 Å². The number of carbonyl (C=O) groups excluding carboxylic acids is 3. The molecule has 172 valence electrons. The lowest BCUT2D eigenvalue weighted by atomic mass is 9.69. The summed E-state index contributed by atoms with van der Waals surface area (Å²) in [4.78, 5) is 39.5. The van der Waals surface area contributed by atoms with E-state index in [0.29, 0.717) is 34.6 Å². The van der Waals surface area contributed by atoms with Gasteiger partial charge in [-0.3, -0.25) is 9.59 Å². The van der Waals surface area contributed by atoms with Crippen LogP contribution in [0.1, 0.15) is 58.4 Å². The second kappa shape index (κ2) is 10.3. The number of nitrogens with one attached hydrogen (secondary N) is 1. The molecule has 0 radical (unpaired) electrons. The zero-order valence-electron chi connectivity index (χ0n) is 19.0. The van der Waals surface area contributed by atoms with Gasteiger partial charge in [-0.05, 0) is 50.3 Å². The molecular weight excluding hydrogens is 430 g/mol. The Morgan fingerprint density at radius 3 is 2.50 bits per heavy atom. The van der Waals surface area contributed by atoms with Gasteiger partial charge in [0.15, 0.2) is 5.78 Å². The summed E-state index contributed by atoms with van der Waals surface area (Å²) in [5, 5.41) is 3.87. The minimum Gasteiger partial charge on any atom is -0.465 e. The van der Waals surface area contributed by atoms with Crippen LogP contribution >= 0.6 is 11.6 Å². The normalized spacial score (nSPS) is 22.9. The van der Waals surface area contributed by atoms with E-state index in [0.717, 1.165) is 17.8 Å². The number of esters is 2. The van der Waals surface area contributed by atoms with Crippen molar-refractivity contribution in [2.75, 3.05) is 13.2 Å². The van der Waals surface area contributed by atoms with E-state index in [1.54, 1.807) is 32.0 Å². The van der Waals surface area contributed by atoms with Crippen LogP contribution in [0.5, 0.6) is 0 Å². The number of rotatable bonds is 7. The highest BCUT2D eigenvalue weighted by molar-refractivity contribution is 6.30. The van der Waals surface area contributed by atoms with Gasteiger partial charge in [0.25, 0.3) is 0 Å². The van der Waals surface area contributed by atoms with Crippen molar-refractivity contribution >= 4 is 29.3 Å². The lowest BCUT2D eigenvalue weighted by Crippen LogP contribution is -2.43. The summed E-state index contributed by atoms with van der Waals surface area (Å²) in [5.41, 5.74) is 3.05. The molecule has 1 N–H and O–H groups in total. The van der Waals surface area contributed by atoms with Crippen LogP contribution in [0.25, 0.3) is 0 Å². The van der Waals surface area contributed by atoms with Crippen LogP contribution in [0, 0.1) is 11.8 Å². The van der Waals surface area contributed by atoms with Crippen LogP contribution in [0.4, 0.5) is 0 Å². The molecule has 0 aromatic heterocycles. The maximum atomic E-state index is 13.7. The Kier molecular flexibility index (Phi) is 7.77. The Balaban J connectivity index is 2.21. The van der Waals surface area contributed by atoms with E-state index in [4.69, 9.17) is 21.1 Å². The van der Waals surface area contributed by atoms with Crippen molar-refractivity contribution in [1.29, 1.82) is 0 Å². The summed E-state index contributed by atoms with van der Waals surface area (Å²) in [6, 6.07) is 7.14. The van der Waals surface area contributed by atoms with E-state index in [-0.39, 0.29) is 24.9 Å². The Labute approximate surface area is 194 Å². The first-order valence-electron chi connectivity index (χ1n) is 11.2. The van der Waals surface area contributed by atoms with Gasteiger partial charge in [0, 0.05) is 27.9 Å². The third-order valence-electron chi connectivity index (χ3n) is 5.89. The average Bonchev–Trinajstić information content (AvgIpc) is 2.73. The first kappa shape index (κ1) is 24.1. The molecule has 2 aliphatic rings. The maximum Gasteiger partial charge on any atom is 0.336 e. The Hall–Kier alpha value is -2.60. The van der Waals surface area contributed by atoms with Crippen molar-refractivity contribution in [3.8, 4) is 0 Å². The molecule has 1 aromatic rings. The number of hydrogen-bond acceptors (Lipinski definition) is 6. The molecule has 1 aliphatic heterocycles. The monoisotopic (exact) mass is 459 g/mol. The Morgan fingerprint density at radius 1 is 1.16 bits per heavy atom. The van der Waals surface area contributed by atoms with Crippen LogP contribution in [-0.4, -0.2) is 30.9 Å². The molecule has 0 spiro atoms. The molecule has 32 heavy (non-hydrogen) atoms. The van der Waals surface area contributed by atoms with Gasteiger partial charge in [0.05, 0.1) is 18.8 Å². The van der Waals surface area contributed by atoms with Crippen molar-refractivity contribution in [2.45, 2.75) is 52.9 Å². The molecule has 3 atom stereocenters. The summed E-state index contributed by atoms with van der Waals surface area (Å²) in [6.45, 7) is 7.79. The van der Waals surface area contributed by atoms with E-state index in [9.17, 15) is 14.4 Å². The predicted molar refractivity (Wildman–Crippen MR) is 122 cm³/mol. The molecule has 1 aromatic carbocycles. The van der Waals surface area contributed by atoms with E-state index < -0.39 is 23.8 Å². The molecular formula is C25H30ClNO5. The SMILES string of the molecule is CCCC1=C(C(=O)OCC)C(c2cccc(Cl)c2)C2=C(CC(C)C(C(=O)OCC)C2=O)N1. The fraction of sp³-hybridized carbons (Fsp3) is 0.480. The highest BCUT2D eigenvalue weighted by Gasteiger charge is 2.47. The second-order valence-corrected chi connectivity index (χ2v) is 8.58. The zero-order chi connectivity index (χ0) is 23.4. The summed E-state index contributed by atoms with van der Waals surface area (Å²) in [6.07, 6.45) is 1.95. The highest BCUT2D eigenvalue weighted by atomic mass is 35.5. The molecule has 0 amide bonds. The number of ether oxygens (including phenoxy) is 2. The molecule has 7 heteroatoms. The van der Waals surface area contributed by atoms with Gasteiger partial charge >= 0.3 is 11.9 Å². The largest absolute Gasteiger partial charge is 0.465 e. The summed E-state index contributed by atoms with van der Waals surface area (Å²) in [7, 11) is 0. The number of Topliss-reactive ketones (excluding diaryl/α,β-unsaturated/α-hetero) is 1.